The molecule has 0 atom stereocenters. The monoisotopic (exact) mass is 220 g/mol. The van der Waals surface area contributed by atoms with Crippen LogP contribution in [0.25, 0.3) is 11.1 Å². The summed E-state index contributed by atoms with van der Waals surface area (Å²) in [5.41, 5.74) is 2.86. The van der Waals surface area contributed by atoms with Gasteiger partial charge in [0.15, 0.2) is 0 Å². The summed E-state index contributed by atoms with van der Waals surface area (Å²) in [7, 11) is 0. The van der Waals surface area contributed by atoms with E-state index in [0.717, 1.165) is 16.1 Å². The minimum atomic E-state index is -0.416. The van der Waals surface area contributed by atoms with Crippen molar-refractivity contribution in [2.45, 2.75) is 6.67 Å². The second kappa shape index (κ2) is 4.45. The van der Waals surface area contributed by atoms with Crippen LogP contribution in [0.2, 0.25) is 5.02 Å². The van der Waals surface area contributed by atoms with Gasteiger partial charge in [-0.3, -0.25) is 0 Å². The van der Waals surface area contributed by atoms with E-state index in [2.05, 4.69) is 0 Å². The van der Waals surface area contributed by atoms with Crippen LogP contribution in [0.5, 0.6) is 0 Å². The highest BCUT2D eigenvalue weighted by Gasteiger charge is 1.97. The van der Waals surface area contributed by atoms with Gasteiger partial charge in [-0.15, -0.1) is 0 Å². The van der Waals surface area contributed by atoms with Crippen molar-refractivity contribution in [3.8, 4) is 11.1 Å². The van der Waals surface area contributed by atoms with Crippen molar-refractivity contribution in [2.24, 2.45) is 0 Å². The molecular formula is C13H10ClF. The molecule has 0 aliphatic heterocycles. The molecule has 0 aromatic heterocycles. The molecular weight excluding hydrogens is 211 g/mol. The maximum atomic E-state index is 12.3. The molecule has 0 unspecified atom stereocenters. The molecule has 0 bridgehead atoms. The van der Waals surface area contributed by atoms with Gasteiger partial charge in [0, 0.05) is 5.02 Å². The van der Waals surface area contributed by atoms with E-state index in [-0.39, 0.29) is 0 Å². The molecule has 0 heterocycles. The molecule has 2 aromatic carbocycles. The third-order valence-corrected chi connectivity index (χ3v) is 2.54. The highest BCUT2D eigenvalue weighted by molar-refractivity contribution is 6.30. The van der Waals surface area contributed by atoms with Crippen LogP contribution in [0.15, 0.2) is 48.5 Å². The Hall–Kier alpha value is -1.34. The Bertz CT molecular complexity index is 431. The Morgan fingerprint density at radius 2 is 1.27 bits per heavy atom. The van der Waals surface area contributed by atoms with E-state index >= 15 is 0 Å². The van der Waals surface area contributed by atoms with E-state index in [4.69, 9.17) is 11.6 Å². The molecule has 0 nitrogen and oxygen atoms in total. The van der Waals surface area contributed by atoms with Gasteiger partial charge in [0.1, 0.15) is 6.67 Å². The van der Waals surface area contributed by atoms with Crippen LogP contribution in [0.4, 0.5) is 4.39 Å². The molecule has 0 saturated heterocycles. The van der Waals surface area contributed by atoms with Gasteiger partial charge >= 0.3 is 0 Å². The molecule has 0 N–H and O–H groups in total. The zero-order chi connectivity index (χ0) is 10.7. The highest BCUT2D eigenvalue weighted by atomic mass is 35.5. The molecule has 0 saturated carbocycles. The summed E-state index contributed by atoms with van der Waals surface area (Å²) < 4.78 is 12.3. The normalized spacial score (nSPS) is 10.3. The SMILES string of the molecule is FCc1ccc(-c2ccc(Cl)cc2)cc1. The van der Waals surface area contributed by atoms with Crippen LogP contribution in [0.1, 0.15) is 5.56 Å². The Kier molecular flexibility index (Phi) is 3.02. The molecule has 2 rings (SSSR count). The maximum Gasteiger partial charge on any atom is 0.115 e. The third-order valence-electron chi connectivity index (χ3n) is 2.29. The molecule has 0 aliphatic rings. The van der Waals surface area contributed by atoms with Crippen molar-refractivity contribution in [3.05, 3.63) is 59.1 Å². The van der Waals surface area contributed by atoms with Crippen molar-refractivity contribution in [2.75, 3.05) is 0 Å². The van der Waals surface area contributed by atoms with Crippen LogP contribution in [-0.2, 0) is 6.67 Å². The lowest BCUT2D eigenvalue weighted by molar-refractivity contribution is 0.485. The van der Waals surface area contributed by atoms with Crippen LogP contribution >= 0.6 is 11.6 Å². The summed E-state index contributed by atoms with van der Waals surface area (Å²) in [4.78, 5) is 0. The second-order valence-electron chi connectivity index (χ2n) is 3.34. The fraction of sp³-hybridized carbons (Fsp3) is 0.0769. The van der Waals surface area contributed by atoms with Gasteiger partial charge in [0.2, 0.25) is 0 Å². The van der Waals surface area contributed by atoms with E-state index in [9.17, 15) is 4.39 Å². The predicted molar refractivity (Wildman–Crippen MR) is 61.7 cm³/mol. The van der Waals surface area contributed by atoms with E-state index in [1.54, 1.807) is 12.1 Å². The third kappa shape index (κ3) is 2.37. The topological polar surface area (TPSA) is 0 Å². The van der Waals surface area contributed by atoms with Gasteiger partial charge in [-0.05, 0) is 28.8 Å². The van der Waals surface area contributed by atoms with Crippen LogP contribution in [0.3, 0.4) is 0 Å². The van der Waals surface area contributed by atoms with Gasteiger partial charge in [-0.25, -0.2) is 4.39 Å². The first-order chi connectivity index (χ1) is 7.29. The summed E-state index contributed by atoms with van der Waals surface area (Å²) in [6.45, 7) is -0.416. The summed E-state index contributed by atoms with van der Waals surface area (Å²) in [6, 6.07) is 15.0. The minimum absolute atomic E-state index is 0.416. The van der Waals surface area contributed by atoms with Gasteiger partial charge in [-0.2, -0.15) is 0 Å². The van der Waals surface area contributed by atoms with Crippen molar-refractivity contribution < 1.29 is 4.39 Å². The fourth-order valence-electron chi connectivity index (χ4n) is 1.43. The number of halogens is 2. The molecule has 0 amide bonds. The number of benzene rings is 2. The average molecular weight is 221 g/mol. The molecule has 15 heavy (non-hydrogen) atoms. The van der Waals surface area contributed by atoms with Gasteiger partial charge in [0.05, 0.1) is 0 Å². The van der Waals surface area contributed by atoms with Crippen LogP contribution in [0, 0.1) is 0 Å². The Labute approximate surface area is 93.3 Å². The minimum Gasteiger partial charge on any atom is -0.246 e. The molecule has 0 spiro atoms. The Morgan fingerprint density at radius 3 is 1.73 bits per heavy atom. The summed E-state index contributed by atoms with van der Waals surface area (Å²) in [5, 5.41) is 0.721. The Morgan fingerprint density at radius 1 is 0.800 bits per heavy atom. The van der Waals surface area contributed by atoms with E-state index in [0.29, 0.717) is 5.56 Å². The maximum absolute atomic E-state index is 12.3. The first-order valence-corrected chi connectivity index (χ1v) is 5.08. The van der Waals surface area contributed by atoms with E-state index in [1.807, 2.05) is 36.4 Å². The lowest BCUT2D eigenvalue weighted by atomic mass is 10.0. The van der Waals surface area contributed by atoms with Crippen molar-refractivity contribution >= 4 is 11.6 Å². The van der Waals surface area contributed by atoms with Gasteiger partial charge in [0.25, 0.3) is 0 Å². The molecule has 2 aromatic rings. The van der Waals surface area contributed by atoms with E-state index < -0.39 is 6.67 Å². The van der Waals surface area contributed by atoms with Crippen molar-refractivity contribution in [3.63, 3.8) is 0 Å². The Balaban J connectivity index is 2.33. The van der Waals surface area contributed by atoms with Crippen LogP contribution < -0.4 is 0 Å². The molecule has 2 heteroatoms. The fourth-order valence-corrected chi connectivity index (χ4v) is 1.55. The molecule has 76 valence electrons. The van der Waals surface area contributed by atoms with Crippen molar-refractivity contribution in [1.82, 2.24) is 0 Å². The summed E-state index contributed by atoms with van der Waals surface area (Å²) in [6.07, 6.45) is 0. The van der Waals surface area contributed by atoms with Gasteiger partial charge in [-0.1, -0.05) is 48.0 Å². The highest BCUT2D eigenvalue weighted by Crippen LogP contribution is 2.21. The zero-order valence-corrected chi connectivity index (χ0v) is 8.84. The predicted octanol–water partition coefficient (Wildman–Crippen LogP) is 4.48. The largest absolute Gasteiger partial charge is 0.246 e. The van der Waals surface area contributed by atoms with Crippen LogP contribution in [-0.4, -0.2) is 0 Å². The zero-order valence-electron chi connectivity index (χ0n) is 8.08. The summed E-state index contributed by atoms with van der Waals surface area (Å²) in [5.74, 6) is 0. The standard InChI is InChI=1S/C13H10ClF/c14-13-7-5-12(6-8-13)11-3-1-10(9-15)2-4-11/h1-8H,9H2. The number of alkyl halides is 1. The molecule has 0 aliphatic carbocycles. The lowest BCUT2D eigenvalue weighted by Gasteiger charge is -2.02. The lowest BCUT2D eigenvalue weighted by Crippen LogP contribution is -1.80. The van der Waals surface area contributed by atoms with Gasteiger partial charge < -0.3 is 0 Å². The molecule has 0 radical (unpaired) electrons. The second-order valence-corrected chi connectivity index (χ2v) is 3.77. The van der Waals surface area contributed by atoms with Crippen molar-refractivity contribution in [1.29, 1.82) is 0 Å². The quantitative estimate of drug-likeness (QED) is 0.700. The number of hydrogen-bond donors (Lipinski definition) is 0. The number of rotatable bonds is 2. The smallest absolute Gasteiger partial charge is 0.115 e. The summed E-state index contributed by atoms with van der Waals surface area (Å²) >= 11 is 5.80. The first-order valence-electron chi connectivity index (χ1n) is 4.70. The first kappa shape index (κ1) is 10.2. The average Bonchev–Trinajstić information content (AvgIpc) is 2.30. The van der Waals surface area contributed by atoms with E-state index in [1.165, 1.54) is 0 Å². The molecule has 0 fully saturated rings. The number of hydrogen-bond acceptors (Lipinski definition) is 0.